The van der Waals surface area contributed by atoms with Gasteiger partial charge in [-0.2, -0.15) is 0 Å². The van der Waals surface area contributed by atoms with Crippen molar-refractivity contribution in [2.45, 2.75) is 11.8 Å². The number of nitrogens with one attached hydrogen (secondary N) is 2. The molecular formula is C23H20ClN3O3S. The summed E-state index contributed by atoms with van der Waals surface area (Å²) in [4.78, 5) is 37.0. The maximum Gasteiger partial charge on any atom is 0.256 e. The first-order valence-corrected chi connectivity index (χ1v) is 10.7. The molecule has 3 aromatic carbocycles. The lowest BCUT2D eigenvalue weighted by atomic mass is 10.1. The van der Waals surface area contributed by atoms with Gasteiger partial charge in [-0.3, -0.25) is 14.4 Å². The predicted molar refractivity (Wildman–Crippen MR) is 125 cm³/mol. The number of carbonyl (C=O) groups excluding carboxylic acids is 3. The summed E-state index contributed by atoms with van der Waals surface area (Å²) < 4.78 is 0. The molecule has 31 heavy (non-hydrogen) atoms. The minimum absolute atomic E-state index is 0.150. The number of nitrogens with two attached hydrogens (primary N) is 1. The summed E-state index contributed by atoms with van der Waals surface area (Å²) in [5.41, 5.74) is 8.10. The van der Waals surface area contributed by atoms with Crippen molar-refractivity contribution in [3.63, 3.8) is 0 Å². The van der Waals surface area contributed by atoms with E-state index in [1.54, 1.807) is 30.3 Å². The Balaban J connectivity index is 1.66. The second kappa shape index (κ2) is 10.1. The van der Waals surface area contributed by atoms with E-state index in [-0.39, 0.29) is 28.2 Å². The summed E-state index contributed by atoms with van der Waals surface area (Å²) in [5.74, 6) is -1.02. The van der Waals surface area contributed by atoms with E-state index < -0.39 is 5.91 Å². The van der Waals surface area contributed by atoms with Gasteiger partial charge in [0.15, 0.2) is 0 Å². The second-order valence-corrected chi connectivity index (χ2v) is 8.14. The molecule has 0 aliphatic rings. The van der Waals surface area contributed by atoms with Gasteiger partial charge in [0.05, 0.1) is 21.9 Å². The maximum absolute atomic E-state index is 12.8. The van der Waals surface area contributed by atoms with E-state index in [2.05, 4.69) is 10.6 Å². The Morgan fingerprint density at radius 1 is 0.903 bits per heavy atom. The summed E-state index contributed by atoms with van der Waals surface area (Å²) in [6.45, 7) is 1.98. The Bertz CT molecular complexity index is 1130. The number of anilines is 2. The number of benzene rings is 3. The van der Waals surface area contributed by atoms with Crippen molar-refractivity contribution < 1.29 is 14.4 Å². The predicted octanol–water partition coefficient (Wildman–Crippen LogP) is 4.73. The number of hydrogen-bond donors (Lipinski definition) is 3. The lowest BCUT2D eigenvalue weighted by Crippen LogP contribution is -2.16. The van der Waals surface area contributed by atoms with Crippen LogP contribution >= 0.6 is 23.4 Å². The minimum Gasteiger partial charge on any atom is -0.366 e. The van der Waals surface area contributed by atoms with Gasteiger partial charge >= 0.3 is 0 Å². The van der Waals surface area contributed by atoms with Gasteiger partial charge in [-0.15, -0.1) is 11.8 Å². The molecule has 0 radical (unpaired) electrons. The lowest BCUT2D eigenvalue weighted by Gasteiger charge is -2.11. The standard InChI is InChI=1S/C23H20ClN3O3S/c1-14-6-8-15(9-7-14)26-21(28)13-31-20-5-3-2-4-18(20)23(30)27-16-10-11-17(22(25)29)19(24)12-16/h2-12H,13H2,1H3,(H2,25,29)(H,26,28)(H,27,30). The third kappa shape index (κ3) is 6.10. The molecule has 0 aliphatic carbocycles. The number of primary amides is 1. The van der Waals surface area contributed by atoms with Crippen molar-refractivity contribution >= 4 is 52.5 Å². The number of hydrogen-bond acceptors (Lipinski definition) is 4. The van der Waals surface area contributed by atoms with Crippen LogP contribution in [0.5, 0.6) is 0 Å². The zero-order valence-corrected chi connectivity index (χ0v) is 18.2. The number of rotatable bonds is 7. The molecule has 0 aliphatic heterocycles. The van der Waals surface area contributed by atoms with Crippen LogP contribution in [0.1, 0.15) is 26.3 Å². The summed E-state index contributed by atoms with van der Waals surface area (Å²) in [6, 6.07) is 19.0. The van der Waals surface area contributed by atoms with E-state index in [1.165, 1.54) is 23.9 Å². The Labute approximate surface area is 189 Å². The average Bonchev–Trinajstić information content (AvgIpc) is 2.74. The lowest BCUT2D eigenvalue weighted by molar-refractivity contribution is -0.113. The topological polar surface area (TPSA) is 101 Å². The Hall–Kier alpha value is -3.29. The van der Waals surface area contributed by atoms with E-state index in [9.17, 15) is 14.4 Å². The first-order valence-electron chi connectivity index (χ1n) is 9.32. The van der Waals surface area contributed by atoms with Gasteiger partial charge in [0.2, 0.25) is 11.8 Å². The van der Waals surface area contributed by atoms with Crippen molar-refractivity contribution in [3.05, 3.63) is 88.4 Å². The molecule has 0 spiro atoms. The van der Waals surface area contributed by atoms with Crippen LogP contribution in [0.25, 0.3) is 0 Å². The fourth-order valence-corrected chi connectivity index (χ4v) is 3.87. The number of amides is 3. The number of aryl methyl sites for hydroxylation is 1. The van der Waals surface area contributed by atoms with Gasteiger partial charge in [-0.25, -0.2) is 0 Å². The number of thioether (sulfide) groups is 1. The largest absolute Gasteiger partial charge is 0.366 e. The first-order chi connectivity index (χ1) is 14.8. The van der Waals surface area contributed by atoms with Gasteiger partial charge in [0, 0.05) is 16.3 Å². The third-order valence-electron chi connectivity index (χ3n) is 4.32. The number of carbonyl (C=O) groups is 3. The Morgan fingerprint density at radius 2 is 1.58 bits per heavy atom. The normalized spacial score (nSPS) is 10.4. The molecule has 3 aromatic rings. The molecule has 0 atom stereocenters. The zero-order chi connectivity index (χ0) is 22.4. The Kier molecular flexibility index (Phi) is 7.33. The second-order valence-electron chi connectivity index (χ2n) is 6.71. The van der Waals surface area contributed by atoms with E-state index in [1.807, 2.05) is 31.2 Å². The van der Waals surface area contributed by atoms with Gasteiger partial charge in [-0.05, 0) is 49.4 Å². The minimum atomic E-state index is -0.645. The molecule has 8 heteroatoms. The zero-order valence-electron chi connectivity index (χ0n) is 16.6. The molecule has 3 rings (SSSR count). The van der Waals surface area contributed by atoms with Crippen molar-refractivity contribution in [2.24, 2.45) is 5.73 Å². The average molecular weight is 454 g/mol. The van der Waals surface area contributed by atoms with E-state index in [0.29, 0.717) is 16.1 Å². The number of halogens is 1. The van der Waals surface area contributed by atoms with Crippen molar-refractivity contribution in [1.29, 1.82) is 0 Å². The van der Waals surface area contributed by atoms with Crippen LogP contribution in [-0.2, 0) is 4.79 Å². The van der Waals surface area contributed by atoms with Crippen molar-refractivity contribution in [3.8, 4) is 0 Å². The highest BCUT2D eigenvalue weighted by molar-refractivity contribution is 8.00. The molecular weight excluding hydrogens is 434 g/mol. The first kappa shape index (κ1) is 22.4. The van der Waals surface area contributed by atoms with Gasteiger partial charge < -0.3 is 16.4 Å². The molecule has 0 saturated heterocycles. The van der Waals surface area contributed by atoms with Crippen LogP contribution in [-0.4, -0.2) is 23.5 Å². The van der Waals surface area contributed by atoms with Crippen LogP contribution < -0.4 is 16.4 Å². The highest BCUT2D eigenvalue weighted by atomic mass is 35.5. The van der Waals surface area contributed by atoms with Crippen LogP contribution in [0, 0.1) is 6.92 Å². The highest BCUT2D eigenvalue weighted by Gasteiger charge is 2.14. The molecule has 3 amide bonds. The molecule has 158 valence electrons. The third-order valence-corrected chi connectivity index (χ3v) is 5.70. The molecule has 0 aromatic heterocycles. The fraction of sp³-hybridized carbons (Fsp3) is 0.0870. The van der Waals surface area contributed by atoms with Gasteiger partial charge in [-0.1, -0.05) is 41.4 Å². The quantitative estimate of drug-likeness (QED) is 0.450. The van der Waals surface area contributed by atoms with Gasteiger partial charge in [0.1, 0.15) is 0 Å². The van der Waals surface area contributed by atoms with Crippen LogP contribution in [0.2, 0.25) is 5.02 Å². The molecule has 0 heterocycles. The smallest absolute Gasteiger partial charge is 0.256 e. The van der Waals surface area contributed by atoms with Crippen LogP contribution in [0.3, 0.4) is 0 Å². The van der Waals surface area contributed by atoms with Crippen LogP contribution in [0.4, 0.5) is 11.4 Å². The van der Waals surface area contributed by atoms with Crippen molar-refractivity contribution in [2.75, 3.05) is 16.4 Å². The monoisotopic (exact) mass is 453 g/mol. The van der Waals surface area contributed by atoms with E-state index >= 15 is 0 Å². The molecule has 0 unspecified atom stereocenters. The van der Waals surface area contributed by atoms with E-state index in [4.69, 9.17) is 17.3 Å². The molecule has 0 saturated carbocycles. The molecule has 4 N–H and O–H groups in total. The molecule has 0 fully saturated rings. The fourth-order valence-electron chi connectivity index (χ4n) is 2.75. The van der Waals surface area contributed by atoms with Crippen LogP contribution in [0.15, 0.2) is 71.6 Å². The van der Waals surface area contributed by atoms with Crippen molar-refractivity contribution in [1.82, 2.24) is 0 Å². The summed E-state index contributed by atoms with van der Waals surface area (Å²) in [7, 11) is 0. The van der Waals surface area contributed by atoms with E-state index in [0.717, 1.165) is 11.3 Å². The highest BCUT2D eigenvalue weighted by Crippen LogP contribution is 2.25. The SMILES string of the molecule is Cc1ccc(NC(=O)CSc2ccccc2C(=O)Nc2ccc(C(N)=O)c(Cl)c2)cc1. The molecule has 6 nitrogen and oxygen atoms in total. The maximum atomic E-state index is 12.8. The summed E-state index contributed by atoms with van der Waals surface area (Å²) in [6.07, 6.45) is 0. The summed E-state index contributed by atoms with van der Waals surface area (Å²) >= 11 is 7.31. The van der Waals surface area contributed by atoms with Gasteiger partial charge in [0.25, 0.3) is 5.91 Å². The molecule has 0 bridgehead atoms. The summed E-state index contributed by atoms with van der Waals surface area (Å²) in [5, 5.41) is 5.74. The Morgan fingerprint density at radius 3 is 2.26 bits per heavy atom.